The Morgan fingerprint density at radius 2 is 2.21 bits per heavy atom. The summed E-state index contributed by atoms with van der Waals surface area (Å²) in [5.74, 6) is -0.466. The molecule has 1 unspecified atom stereocenters. The van der Waals surface area contributed by atoms with Gasteiger partial charge in [-0.1, -0.05) is 33.1 Å². The minimum Gasteiger partial charge on any atom is -0.480 e. The number of hydrogen-bond donors (Lipinski definition) is 2. The van der Waals surface area contributed by atoms with Crippen molar-refractivity contribution in [2.24, 2.45) is 5.92 Å². The highest BCUT2D eigenvalue weighted by Gasteiger charge is 2.42. The van der Waals surface area contributed by atoms with Crippen LogP contribution in [0.3, 0.4) is 0 Å². The molecule has 1 fully saturated rings. The molecule has 0 amide bonds. The molecule has 2 N–H and O–H groups in total. The zero-order valence-electron chi connectivity index (χ0n) is 9.18. The van der Waals surface area contributed by atoms with Gasteiger partial charge in [0, 0.05) is 0 Å². The molecule has 0 aromatic rings. The number of aliphatic carboxylic acids is 1. The standard InChI is InChI=1S/C11H21NO2/c1-3-9(2)11(10(13)14)7-5-4-6-8-12-11/h9,12H,3-8H2,1-2H3,(H,13,14)/t9?,11-/m0/s1. The van der Waals surface area contributed by atoms with E-state index in [0.29, 0.717) is 0 Å². The van der Waals surface area contributed by atoms with Gasteiger partial charge in [0.05, 0.1) is 0 Å². The lowest BCUT2D eigenvalue weighted by atomic mass is 9.80. The van der Waals surface area contributed by atoms with Crippen molar-refractivity contribution in [3.05, 3.63) is 0 Å². The van der Waals surface area contributed by atoms with Gasteiger partial charge in [0.2, 0.25) is 0 Å². The van der Waals surface area contributed by atoms with Crippen molar-refractivity contribution >= 4 is 5.97 Å². The zero-order valence-corrected chi connectivity index (χ0v) is 9.18. The third-order valence-electron chi connectivity index (χ3n) is 3.52. The average Bonchev–Trinajstić information content (AvgIpc) is 2.42. The number of carboxylic acid groups (broad SMARTS) is 1. The molecule has 0 bridgehead atoms. The van der Waals surface area contributed by atoms with E-state index in [-0.39, 0.29) is 5.92 Å². The van der Waals surface area contributed by atoms with Crippen LogP contribution in [0.4, 0.5) is 0 Å². The van der Waals surface area contributed by atoms with E-state index in [1.807, 2.05) is 6.92 Å². The van der Waals surface area contributed by atoms with Gasteiger partial charge in [0.15, 0.2) is 0 Å². The first kappa shape index (κ1) is 11.5. The maximum Gasteiger partial charge on any atom is 0.324 e. The van der Waals surface area contributed by atoms with Crippen LogP contribution in [-0.4, -0.2) is 23.2 Å². The summed E-state index contributed by atoms with van der Waals surface area (Å²) in [7, 11) is 0. The van der Waals surface area contributed by atoms with Crippen molar-refractivity contribution in [2.75, 3.05) is 6.54 Å². The van der Waals surface area contributed by atoms with Crippen molar-refractivity contribution in [3.8, 4) is 0 Å². The van der Waals surface area contributed by atoms with Gasteiger partial charge in [0.25, 0.3) is 0 Å². The van der Waals surface area contributed by atoms with Crippen LogP contribution in [0.5, 0.6) is 0 Å². The fourth-order valence-corrected chi connectivity index (χ4v) is 2.27. The Morgan fingerprint density at radius 1 is 1.50 bits per heavy atom. The number of rotatable bonds is 3. The number of nitrogens with one attached hydrogen (secondary N) is 1. The third kappa shape index (κ3) is 2.08. The van der Waals surface area contributed by atoms with E-state index in [4.69, 9.17) is 0 Å². The summed E-state index contributed by atoms with van der Waals surface area (Å²) in [5, 5.41) is 12.6. The fourth-order valence-electron chi connectivity index (χ4n) is 2.27. The molecule has 82 valence electrons. The molecule has 0 aromatic carbocycles. The van der Waals surface area contributed by atoms with Crippen LogP contribution in [-0.2, 0) is 4.79 Å². The van der Waals surface area contributed by atoms with E-state index in [1.165, 1.54) is 0 Å². The quantitative estimate of drug-likeness (QED) is 0.731. The van der Waals surface area contributed by atoms with Crippen LogP contribution in [0.1, 0.15) is 46.0 Å². The number of carbonyl (C=O) groups is 1. The average molecular weight is 199 g/mol. The molecule has 0 saturated carbocycles. The predicted octanol–water partition coefficient (Wildman–Crippen LogP) is 2.02. The lowest BCUT2D eigenvalue weighted by Crippen LogP contribution is -2.56. The molecule has 1 aliphatic rings. The van der Waals surface area contributed by atoms with Gasteiger partial charge in [-0.2, -0.15) is 0 Å². The van der Waals surface area contributed by atoms with Crippen LogP contribution in [0.25, 0.3) is 0 Å². The molecule has 1 rings (SSSR count). The van der Waals surface area contributed by atoms with Gasteiger partial charge in [0.1, 0.15) is 5.54 Å². The predicted molar refractivity (Wildman–Crippen MR) is 56.3 cm³/mol. The van der Waals surface area contributed by atoms with Gasteiger partial charge < -0.3 is 10.4 Å². The molecular formula is C11H21NO2. The Hall–Kier alpha value is -0.570. The van der Waals surface area contributed by atoms with Crippen molar-refractivity contribution in [1.82, 2.24) is 5.32 Å². The van der Waals surface area contributed by atoms with E-state index in [2.05, 4.69) is 12.2 Å². The summed E-state index contributed by atoms with van der Waals surface area (Å²) in [6, 6.07) is 0. The molecule has 1 saturated heterocycles. The van der Waals surface area contributed by atoms with Crippen molar-refractivity contribution < 1.29 is 9.90 Å². The molecule has 0 radical (unpaired) electrons. The van der Waals surface area contributed by atoms with Crippen LogP contribution in [0.15, 0.2) is 0 Å². The molecule has 1 heterocycles. The highest BCUT2D eigenvalue weighted by atomic mass is 16.4. The first-order valence-electron chi connectivity index (χ1n) is 5.62. The van der Waals surface area contributed by atoms with Gasteiger partial charge in [-0.25, -0.2) is 0 Å². The first-order chi connectivity index (χ1) is 6.63. The Bertz CT molecular complexity index is 195. The SMILES string of the molecule is CCC(C)[C@]1(C(=O)O)CCCCCN1. The van der Waals surface area contributed by atoms with Crippen LogP contribution >= 0.6 is 0 Å². The Kier molecular flexibility index (Phi) is 3.93. The largest absolute Gasteiger partial charge is 0.480 e. The zero-order chi connectivity index (χ0) is 10.6. The summed E-state index contributed by atoms with van der Waals surface area (Å²) < 4.78 is 0. The summed E-state index contributed by atoms with van der Waals surface area (Å²) in [6.45, 7) is 4.94. The van der Waals surface area contributed by atoms with Crippen LogP contribution in [0.2, 0.25) is 0 Å². The van der Waals surface area contributed by atoms with E-state index < -0.39 is 11.5 Å². The molecule has 3 nitrogen and oxygen atoms in total. The summed E-state index contributed by atoms with van der Waals surface area (Å²) in [6.07, 6.45) is 4.98. The minimum atomic E-state index is -0.672. The van der Waals surface area contributed by atoms with Gasteiger partial charge in [-0.3, -0.25) is 4.79 Å². The van der Waals surface area contributed by atoms with Gasteiger partial charge >= 0.3 is 5.97 Å². The normalized spacial score (nSPS) is 30.7. The molecule has 0 aliphatic carbocycles. The molecule has 2 atom stereocenters. The van der Waals surface area contributed by atoms with E-state index >= 15 is 0 Å². The fraction of sp³-hybridized carbons (Fsp3) is 0.909. The van der Waals surface area contributed by atoms with Gasteiger partial charge in [-0.05, 0) is 25.3 Å². The van der Waals surface area contributed by atoms with Crippen molar-refractivity contribution in [1.29, 1.82) is 0 Å². The number of carboxylic acids is 1. The van der Waals surface area contributed by atoms with Crippen LogP contribution in [0, 0.1) is 5.92 Å². The summed E-state index contributed by atoms with van der Waals surface area (Å²) in [5.41, 5.74) is -0.661. The molecule has 0 spiro atoms. The smallest absolute Gasteiger partial charge is 0.324 e. The maximum atomic E-state index is 11.4. The second kappa shape index (κ2) is 4.78. The summed E-state index contributed by atoms with van der Waals surface area (Å²) >= 11 is 0. The van der Waals surface area contributed by atoms with E-state index in [9.17, 15) is 9.90 Å². The topological polar surface area (TPSA) is 49.3 Å². The van der Waals surface area contributed by atoms with E-state index in [0.717, 1.165) is 38.6 Å². The van der Waals surface area contributed by atoms with Crippen molar-refractivity contribution in [2.45, 2.75) is 51.5 Å². The Balaban J connectivity index is 2.83. The third-order valence-corrected chi connectivity index (χ3v) is 3.52. The monoisotopic (exact) mass is 199 g/mol. The lowest BCUT2D eigenvalue weighted by molar-refractivity contribution is -0.147. The second-order valence-corrected chi connectivity index (χ2v) is 4.32. The highest BCUT2D eigenvalue weighted by molar-refractivity contribution is 5.79. The minimum absolute atomic E-state index is 0.207. The molecular weight excluding hydrogens is 178 g/mol. The molecule has 14 heavy (non-hydrogen) atoms. The molecule has 1 aliphatic heterocycles. The molecule has 0 aromatic heterocycles. The Morgan fingerprint density at radius 3 is 2.79 bits per heavy atom. The maximum absolute atomic E-state index is 11.4. The second-order valence-electron chi connectivity index (χ2n) is 4.32. The summed E-state index contributed by atoms with van der Waals surface area (Å²) in [4.78, 5) is 11.4. The molecule has 3 heteroatoms. The lowest BCUT2D eigenvalue weighted by Gasteiger charge is -2.34. The highest BCUT2D eigenvalue weighted by Crippen LogP contribution is 2.29. The first-order valence-corrected chi connectivity index (χ1v) is 5.62. The number of hydrogen-bond acceptors (Lipinski definition) is 2. The van der Waals surface area contributed by atoms with Gasteiger partial charge in [-0.15, -0.1) is 0 Å². The van der Waals surface area contributed by atoms with Crippen molar-refractivity contribution in [3.63, 3.8) is 0 Å². The Labute approximate surface area is 85.9 Å². The van der Waals surface area contributed by atoms with E-state index in [1.54, 1.807) is 0 Å². The van der Waals surface area contributed by atoms with Crippen LogP contribution < -0.4 is 5.32 Å².